The summed E-state index contributed by atoms with van der Waals surface area (Å²) in [7, 11) is 0. The fourth-order valence-corrected chi connectivity index (χ4v) is 1.61. The van der Waals surface area contributed by atoms with Crippen LogP contribution in [-0.2, 0) is 16.1 Å². The SMILES string of the molecule is CC(C)(C)OC(=O)NC[C@@H](CO)NC(=O)OCc1ccccc1. The molecule has 2 amide bonds. The van der Waals surface area contributed by atoms with Crippen LogP contribution in [0.5, 0.6) is 0 Å². The molecule has 0 radical (unpaired) electrons. The van der Waals surface area contributed by atoms with E-state index in [-0.39, 0.29) is 19.8 Å². The van der Waals surface area contributed by atoms with E-state index in [1.807, 2.05) is 30.3 Å². The number of aliphatic hydroxyl groups is 1. The lowest BCUT2D eigenvalue weighted by Crippen LogP contribution is -2.46. The minimum absolute atomic E-state index is 0.0336. The molecule has 7 heteroatoms. The minimum atomic E-state index is -0.668. The van der Waals surface area contributed by atoms with E-state index < -0.39 is 23.8 Å². The zero-order chi connectivity index (χ0) is 17.3. The summed E-state index contributed by atoms with van der Waals surface area (Å²) < 4.78 is 10.1. The molecule has 0 aliphatic rings. The smallest absolute Gasteiger partial charge is 0.407 e. The summed E-state index contributed by atoms with van der Waals surface area (Å²) in [5.41, 5.74) is 0.246. The molecule has 0 spiro atoms. The predicted molar refractivity (Wildman–Crippen MR) is 84.9 cm³/mol. The van der Waals surface area contributed by atoms with Crippen LogP contribution in [0.15, 0.2) is 30.3 Å². The molecule has 0 saturated carbocycles. The Hall–Kier alpha value is -2.28. The number of nitrogens with one attached hydrogen (secondary N) is 2. The number of carbonyl (C=O) groups excluding carboxylic acids is 2. The average Bonchev–Trinajstić information content (AvgIpc) is 2.48. The van der Waals surface area contributed by atoms with E-state index >= 15 is 0 Å². The molecule has 0 fully saturated rings. The standard InChI is InChI=1S/C16H24N2O5/c1-16(2,3)23-14(20)17-9-13(10-19)18-15(21)22-11-12-7-5-4-6-8-12/h4-8,13,19H,9-11H2,1-3H3,(H,17,20)(H,18,21)/t13-/m0/s1. The first-order valence-electron chi connectivity index (χ1n) is 7.35. The Morgan fingerprint density at radius 2 is 1.83 bits per heavy atom. The molecule has 23 heavy (non-hydrogen) atoms. The number of alkyl carbamates (subject to hydrolysis) is 2. The highest BCUT2D eigenvalue weighted by Gasteiger charge is 2.18. The van der Waals surface area contributed by atoms with Gasteiger partial charge in [-0.15, -0.1) is 0 Å². The fourth-order valence-electron chi connectivity index (χ4n) is 1.61. The zero-order valence-electron chi connectivity index (χ0n) is 13.7. The van der Waals surface area contributed by atoms with Gasteiger partial charge in [0.05, 0.1) is 12.6 Å². The van der Waals surface area contributed by atoms with Crippen molar-refractivity contribution in [2.75, 3.05) is 13.2 Å². The third-order valence-corrected chi connectivity index (χ3v) is 2.65. The molecule has 0 aliphatic heterocycles. The summed E-state index contributed by atoms with van der Waals surface area (Å²) in [6, 6.07) is 8.57. The highest BCUT2D eigenvalue weighted by Crippen LogP contribution is 2.06. The molecule has 128 valence electrons. The van der Waals surface area contributed by atoms with Gasteiger partial charge in [0, 0.05) is 6.54 Å². The van der Waals surface area contributed by atoms with Gasteiger partial charge in [0.15, 0.2) is 0 Å². The van der Waals surface area contributed by atoms with Crippen molar-refractivity contribution in [1.29, 1.82) is 0 Å². The third-order valence-electron chi connectivity index (χ3n) is 2.65. The van der Waals surface area contributed by atoms with Crippen LogP contribution >= 0.6 is 0 Å². The monoisotopic (exact) mass is 324 g/mol. The van der Waals surface area contributed by atoms with Gasteiger partial charge in [0.2, 0.25) is 0 Å². The Balaban J connectivity index is 2.32. The first-order valence-corrected chi connectivity index (χ1v) is 7.35. The largest absolute Gasteiger partial charge is 0.445 e. The van der Waals surface area contributed by atoms with Gasteiger partial charge in [-0.25, -0.2) is 9.59 Å². The molecule has 0 bridgehead atoms. The van der Waals surface area contributed by atoms with Crippen LogP contribution in [0.1, 0.15) is 26.3 Å². The molecule has 0 unspecified atom stereocenters. The second-order valence-electron chi connectivity index (χ2n) is 5.97. The maximum Gasteiger partial charge on any atom is 0.407 e. The van der Waals surface area contributed by atoms with E-state index in [1.54, 1.807) is 20.8 Å². The number of aliphatic hydroxyl groups excluding tert-OH is 1. The molecule has 1 aromatic rings. The summed E-state index contributed by atoms with van der Waals surface area (Å²) in [6.07, 6.45) is -1.28. The van der Waals surface area contributed by atoms with Gasteiger partial charge in [0.1, 0.15) is 12.2 Å². The van der Waals surface area contributed by atoms with E-state index in [0.717, 1.165) is 5.56 Å². The van der Waals surface area contributed by atoms with E-state index in [9.17, 15) is 14.7 Å². The Morgan fingerprint density at radius 3 is 2.39 bits per heavy atom. The lowest BCUT2D eigenvalue weighted by Gasteiger charge is -2.21. The Morgan fingerprint density at radius 1 is 1.17 bits per heavy atom. The second-order valence-corrected chi connectivity index (χ2v) is 5.97. The molecule has 1 aromatic carbocycles. The van der Waals surface area contributed by atoms with Crippen LogP contribution in [0.2, 0.25) is 0 Å². The van der Waals surface area contributed by atoms with E-state index in [4.69, 9.17) is 9.47 Å². The summed E-state index contributed by atoms with van der Waals surface area (Å²) >= 11 is 0. The Bertz CT molecular complexity index is 499. The van der Waals surface area contributed by atoms with Crippen LogP contribution in [0.4, 0.5) is 9.59 Å². The molecular formula is C16H24N2O5. The van der Waals surface area contributed by atoms with E-state index in [0.29, 0.717) is 0 Å². The van der Waals surface area contributed by atoms with E-state index in [1.165, 1.54) is 0 Å². The summed E-state index contributed by atoms with van der Waals surface area (Å²) in [5, 5.41) is 14.2. The van der Waals surface area contributed by atoms with E-state index in [2.05, 4.69) is 10.6 Å². The molecule has 0 heterocycles. The molecule has 1 rings (SSSR count). The molecule has 7 nitrogen and oxygen atoms in total. The van der Waals surface area contributed by atoms with Crippen molar-refractivity contribution >= 4 is 12.2 Å². The summed E-state index contributed by atoms with van der Waals surface area (Å²) in [4.78, 5) is 23.2. The van der Waals surface area contributed by atoms with Crippen molar-refractivity contribution in [3.63, 3.8) is 0 Å². The topological polar surface area (TPSA) is 96.9 Å². The third kappa shape index (κ3) is 8.67. The van der Waals surface area contributed by atoms with Gasteiger partial charge in [0.25, 0.3) is 0 Å². The molecule has 3 N–H and O–H groups in total. The maximum absolute atomic E-state index is 11.7. The first-order chi connectivity index (χ1) is 10.8. The van der Waals surface area contributed by atoms with Crippen LogP contribution < -0.4 is 10.6 Å². The summed E-state index contributed by atoms with van der Waals surface area (Å²) in [5.74, 6) is 0. The minimum Gasteiger partial charge on any atom is -0.445 e. The lowest BCUT2D eigenvalue weighted by atomic mass is 10.2. The number of hydrogen-bond donors (Lipinski definition) is 3. The Kier molecular flexibility index (Phi) is 7.34. The highest BCUT2D eigenvalue weighted by atomic mass is 16.6. The Labute approximate surface area is 136 Å². The molecule has 0 aliphatic carbocycles. The van der Waals surface area contributed by atoms with Gasteiger partial charge < -0.3 is 25.2 Å². The van der Waals surface area contributed by atoms with Crippen LogP contribution in [0, 0.1) is 0 Å². The van der Waals surface area contributed by atoms with Crippen molar-refractivity contribution in [3.05, 3.63) is 35.9 Å². The van der Waals surface area contributed by atoms with Crippen molar-refractivity contribution in [2.24, 2.45) is 0 Å². The second kappa shape index (κ2) is 8.99. The highest BCUT2D eigenvalue weighted by molar-refractivity contribution is 5.69. The average molecular weight is 324 g/mol. The van der Waals surface area contributed by atoms with Crippen molar-refractivity contribution in [1.82, 2.24) is 10.6 Å². The van der Waals surface area contributed by atoms with Crippen molar-refractivity contribution in [2.45, 2.75) is 39.0 Å². The molecular weight excluding hydrogens is 300 g/mol. The van der Waals surface area contributed by atoms with Gasteiger partial charge in [-0.3, -0.25) is 0 Å². The van der Waals surface area contributed by atoms with Crippen molar-refractivity contribution in [3.8, 4) is 0 Å². The first kappa shape index (κ1) is 18.8. The number of hydrogen-bond acceptors (Lipinski definition) is 5. The normalized spacial score (nSPS) is 12.2. The zero-order valence-corrected chi connectivity index (χ0v) is 13.7. The molecule has 0 aromatic heterocycles. The van der Waals surface area contributed by atoms with Gasteiger partial charge >= 0.3 is 12.2 Å². The van der Waals surface area contributed by atoms with Crippen LogP contribution in [0.25, 0.3) is 0 Å². The quantitative estimate of drug-likeness (QED) is 0.741. The van der Waals surface area contributed by atoms with Crippen LogP contribution in [-0.4, -0.2) is 42.1 Å². The van der Waals surface area contributed by atoms with Gasteiger partial charge in [-0.2, -0.15) is 0 Å². The molecule has 1 atom stereocenters. The van der Waals surface area contributed by atoms with Gasteiger partial charge in [-0.05, 0) is 26.3 Å². The van der Waals surface area contributed by atoms with Crippen molar-refractivity contribution < 1.29 is 24.2 Å². The van der Waals surface area contributed by atoms with Crippen LogP contribution in [0.3, 0.4) is 0 Å². The van der Waals surface area contributed by atoms with Gasteiger partial charge in [-0.1, -0.05) is 30.3 Å². The fraction of sp³-hybridized carbons (Fsp3) is 0.500. The maximum atomic E-state index is 11.7. The number of rotatable bonds is 6. The molecule has 0 saturated heterocycles. The number of carbonyl (C=O) groups is 2. The summed E-state index contributed by atoms with van der Waals surface area (Å²) in [6.45, 7) is 5.06. The predicted octanol–water partition coefficient (Wildman–Crippen LogP) is 1.80. The number of ether oxygens (including phenoxy) is 2. The number of benzene rings is 1. The lowest BCUT2D eigenvalue weighted by molar-refractivity contribution is 0.0515. The number of amides is 2.